The molecule has 3 rings (SSSR count). The second-order valence-electron chi connectivity index (χ2n) is 5.33. The molecule has 2 aliphatic rings. The first-order valence-corrected chi connectivity index (χ1v) is 7.24. The largest absolute Gasteiger partial charge is 0.389 e. The lowest BCUT2D eigenvalue weighted by Crippen LogP contribution is -2.29. The quantitative estimate of drug-likeness (QED) is 0.821. The second-order valence-corrected chi connectivity index (χ2v) is 5.77. The Bertz CT molecular complexity index is 480. The summed E-state index contributed by atoms with van der Waals surface area (Å²) in [5.41, 5.74) is 9.34. The van der Waals surface area contributed by atoms with Crippen molar-refractivity contribution >= 4 is 23.0 Å². The molecule has 96 valence electrons. The minimum atomic E-state index is 0.456. The molecular formula is C14H19N3S. The van der Waals surface area contributed by atoms with Gasteiger partial charge in [0.15, 0.2) is 0 Å². The van der Waals surface area contributed by atoms with Gasteiger partial charge in [0.1, 0.15) is 10.8 Å². The van der Waals surface area contributed by atoms with Crippen molar-refractivity contribution in [3.63, 3.8) is 0 Å². The number of hydrogen-bond acceptors (Lipinski definition) is 3. The molecule has 3 N–H and O–H groups in total. The Balaban J connectivity index is 1.95. The molecule has 4 heteroatoms. The van der Waals surface area contributed by atoms with Crippen molar-refractivity contribution < 1.29 is 0 Å². The molecule has 18 heavy (non-hydrogen) atoms. The van der Waals surface area contributed by atoms with Crippen LogP contribution in [0.15, 0.2) is 6.07 Å². The van der Waals surface area contributed by atoms with Gasteiger partial charge in [-0.25, -0.2) is 4.98 Å². The summed E-state index contributed by atoms with van der Waals surface area (Å²) in [7, 11) is 0. The summed E-state index contributed by atoms with van der Waals surface area (Å²) >= 11 is 5.16. The molecule has 0 saturated heterocycles. The van der Waals surface area contributed by atoms with Crippen LogP contribution in [-0.2, 0) is 12.8 Å². The fraction of sp³-hybridized carbons (Fsp3) is 0.571. The molecule has 1 saturated carbocycles. The van der Waals surface area contributed by atoms with E-state index in [0.717, 1.165) is 24.2 Å². The minimum absolute atomic E-state index is 0.456. The van der Waals surface area contributed by atoms with Crippen molar-refractivity contribution in [2.24, 2.45) is 5.73 Å². The first kappa shape index (κ1) is 11.9. The van der Waals surface area contributed by atoms with Gasteiger partial charge in [0.25, 0.3) is 0 Å². The van der Waals surface area contributed by atoms with Crippen LogP contribution in [-0.4, -0.2) is 16.0 Å². The SMILES string of the molecule is NC(=S)c1cc2c(nc1NC1CCC1)CCCC2. The Hall–Kier alpha value is -1.16. The molecule has 0 aliphatic heterocycles. The topological polar surface area (TPSA) is 50.9 Å². The highest BCUT2D eigenvalue weighted by Crippen LogP contribution is 2.28. The van der Waals surface area contributed by atoms with Gasteiger partial charge in [0.2, 0.25) is 0 Å². The number of pyridine rings is 1. The number of nitrogens with one attached hydrogen (secondary N) is 1. The molecule has 0 spiro atoms. The highest BCUT2D eigenvalue weighted by atomic mass is 32.1. The van der Waals surface area contributed by atoms with Crippen molar-refractivity contribution in [2.45, 2.75) is 51.0 Å². The smallest absolute Gasteiger partial charge is 0.136 e. The number of nitrogens with zero attached hydrogens (tertiary/aromatic N) is 1. The van der Waals surface area contributed by atoms with Crippen molar-refractivity contribution in [1.82, 2.24) is 4.98 Å². The number of anilines is 1. The highest BCUT2D eigenvalue weighted by molar-refractivity contribution is 7.80. The highest BCUT2D eigenvalue weighted by Gasteiger charge is 2.21. The lowest BCUT2D eigenvalue weighted by molar-refractivity contribution is 0.444. The lowest BCUT2D eigenvalue weighted by Gasteiger charge is -2.29. The normalized spacial score (nSPS) is 18.9. The molecule has 3 nitrogen and oxygen atoms in total. The van der Waals surface area contributed by atoms with Crippen LogP contribution in [0.1, 0.15) is 48.9 Å². The minimum Gasteiger partial charge on any atom is -0.389 e. The van der Waals surface area contributed by atoms with E-state index in [1.54, 1.807) is 0 Å². The fourth-order valence-electron chi connectivity index (χ4n) is 2.68. The number of thiocarbonyl (C=S) groups is 1. The van der Waals surface area contributed by atoms with Gasteiger partial charge in [-0.2, -0.15) is 0 Å². The number of aryl methyl sites for hydroxylation is 2. The van der Waals surface area contributed by atoms with Gasteiger partial charge in [-0.3, -0.25) is 0 Å². The molecule has 0 radical (unpaired) electrons. The molecule has 1 fully saturated rings. The monoisotopic (exact) mass is 261 g/mol. The van der Waals surface area contributed by atoms with Crippen LogP contribution in [0.5, 0.6) is 0 Å². The van der Waals surface area contributed by atoms with Crippen LogP contribution in [0.2, 0.25) is 0 Å². The van der Waals surface area contributed by atoms with Crippen LogP contribution in [0, 0.1) is 0 Å². The van der Waals surface area contributed by atoms with E-state index < -0.39 is 0 Å². The number of rotatable bonds is 3. The van der Waals surface area contributed by atoms with Gasteiger partial charge >= 0.3 is 0 Å². The summed E-state index contributed by atoms with van der Waals surface area (Å²) in [4.78, 5) is 5.23. The van der Waals surface area contributed by atoms with Gasteiger partial charge in [-0.15, -0.1) is 0 Å². The van der Waals surface area contributed by atoms with E-state index in [0.29, 0.717) is 11.0 Å². The first-order valence-electron chi connectivity index (χ1n) is 6.83. The van der Waals surface area contributed by atoms with Crippen LogP contribution in [0.3, 0.4) is 0 Å². The Morgan fingerprint density at radius 2 is 2.06 bits per heavy atom. The van der Waals surface area contributed by atoms with Gasteiger partial charge in [0.05, 0.1) is 5.56 Å². The predicted octanol–water partition coefficient (Wildman–Crippen LogP) is 2.56. The maximum absolute atomic E-state index is 5.83. The van der Waals surface area contributed by atoms with E-state index in [9.17, 15) is 0 Å². The molecule has 2 aliphatic carbocycles. The molecule has 0 bridgehead atoms. The third-order valence-corrected chi connectivity index (χ3v) is 4.23. The van der Waals surface area contributed by atoms with Crippen LogP contribution in [0.25, 0.3) is 0 Å². The van der Waals surface area contributed by atoms with E-state index in [1.807, 2.05) is 0 Å². The Kier molecular flexibility index (Phi) is 3.20. The first-order chi connectivity index (χ1) is 8.74. The summed E-state index contributed by atoms with van der Waals surface area (Å²) in [5.74, 6) is 0.910. The molecule has 0 amide bonds. The summed E-state index contributed by atoms with van der Waals surface area (Å²) in [5, 5.41) is 3.50. The van der Waals surface area contributed by atoms with E-state index in [2.05, 4.69) is 11.4 Å². The maximum Gasteiger partial charge on any atom is 0.136 e. The molecule has 0 aromatic carbocycles. The van der Waals surface area contributed by atoms with E-state index in [4.69, 9.17) is 22.9 Å². The van der Waals surface area contributed by atoms with Gasteiger partial charge in [0, 0.05) is 11.7 Å². The number of fused-ring (bicyclic) bond motifs is 1. The lowest BCUT2D eigenvalue weighted by atomic mass is 9.92. The van der Waals surface area contributed by atoms with Gasteiger partial charge in [-0.1, -0.05) is 12.2 Å². The van der Waals surface area contributed by atoms with Gasteiger partial charge < -0.3 is 11.1 Å². The Morgan fingerprint density at radius 3 is 2.72 bits per heavy atom. The third kappa shape index (κ3) is 2.21. The summed E-state index contributed by atoms with van der Waals surface area (Å²) in [6.45, 7) is 0. The second kappa shape index (κ2) is 4.84. The van der Waals surface area contributed by atoms with Crippen LogP contribution in [0.4, 0.5) is 5.82 Å². The van der Waals surface area contributed by atoms with Crippen LogP contribution >= 0.6 is 12.2 Å². The summed E-state index contributed by atoms with van der Waals surface area (Å²) in [6.07, 6.45) is 8.47. The van der Waals surface area contributed by atoms with Crippen molar-refractivity contribution in [1.29, 1.82) is 0 Å². The van der Waals surface area contributed by atoms with E-state index >= 15 is 0 Å². The number of aromatic nitrogens is 1. The molecule has 1 aromatic rings. The predicted molar refractivity (Wildman–Crippen MR) is 78.0 cm³/mol. The molecular weight excluding hydrogens is 242 g/mol. The standard InChI is InChI=1S/C14H19N3S/c15-13(18)11-8-9-4-1-2-7-12(9)17-14(11)16-10-5-3-6-10/h8,10H,1-7H2,(H2,15,18)(H,16,17). The Morgan fingerprint density at radius 1 is 1.28 bits per heavy atom. The van der Waals surface area contributed by atoms with E-state index in [-0.39, 0.29) is 0 Å². The average molecular weight is 261 g/mol. The Labute approximate surface area is 113 Å². The van der Waals surface area contributed by atoms with E-state index in [1.165, 1.54) is 43.4 Å². The zero-order valence-corrected chi connectivity index (χ0v) is 11.4. The van der Waals surface area contributed by atoms with Gasteiger partial charge in [-0.05, 0) is 56.6 Å². The average Bonchev–Trinajstić information content (AvgIpc) is 2.32. The van der Waals surface area contributed by atoms with Crippen molar-refractivity contribution in [2.75, 3.05) is 5.32 Å². The third-order valence-electron chi connectivity index (χ3n) is 4.01. The maximum atomic E-state index is 5.83. The molecule has 1 aromatic heterocycles. The number of nitrogens with two attached hydrogens (primary N) is 1. The summed E-state index contributed by atoms with van der Waals surface area (Å²) in [6, 6.07) is 2.72. The molecule has 0 unspecified atom stereocenters. The molecule has 0 atom stereocenters. The fourth-order valence-corrected chi connectivity index (χ4v) is 2.83. The zero-order chi connectivity index (χ0) is 12.5. The molecule has 1 heterocycles. The number of hydrogen-bond donors (Lipinski definition) is 2. The zero-order valence-electron chi connectivity index (χ0n) is 10.5. The summed E-state index contributed by atoms with van der Waals surface area (Å²) < 4.78 is 0. The van der Waals surface area contributed by atoms with Crippen molar-refractivity contribution in [3.05, 3.63) is 22.9 Å². The van der Waals surface area contributed by atoms with Crippen molar-refractivity contribution in [3.8, 4) is 0 Å². The van der Waals surface area contributed by atoms with Crippen LogP contribution < -0.4 is 11.1 Å².